The second kappa shape index (κ2) is 6.60. The smallest absolute Gasteiger partial charge is 0.213 e. The molecule has 0 amide bonds. The van der Waals surface area contributed by atoms with Crippen LogP contribution in [0.3, 0.4) is 0 Å². The molecule has 1 N–H and O–H groups in total. The molecule has 1 fully saturated rings. The topological polar surface area (TPSA) is 34.1 Å². The van der Waals surface area contributed by atoms with Gasteiger partial charge in [-0.2, -0.15) is 0 Å². The van der Waals surface area contributed by atoms with E-state index in [4.69, 9.17) is 4.74 Å². The average Bonchev–Trinajstić information content (AvgIpc) is 2.87. The van der Waals surface area contributed by atoms with Crippen molar-refractivity contribution in [1.29, 1.82) is 0 Å². The van der Waals surface area contributed by atoms with Gasteiger partial charge in [0.05, 0.1) is 12.3 Å². The van der Waals surface area contributed by atoms with E-state index >= 15 is 0 Å². The van der Waals surface area contributed by atoms with Gasteiger partial charge in [0.15, 0.2) is 0 Å². The predicted molar refractivity (Wildman–Crippen MR) is 69.1 cm³/mol. The van der Waals surface area contributed by atoms with Crippen LogP contribution in [0.5, 0.6) is 5.88 Å². The number of hydrogen-bond acceptors (Lipinski definition) is 3. The summed E-state index contributed by atoms with van der Waals surface area (Å²) < 4.78 is 5.77. The van der Waals surface area contributed by atoms with Crippen molar-refractivity contribution in [2.75, 3.05) is 13.2 Å². The van der Waals surface area contributed by atoms with Crippen LogP contribution in [-0.4, -0.2) is 18.1 Å². The van der Waals surface area contributed by atoms with E-state index in [1.807, 2.05) is 18.2 Å². The van der Waals surface area contributed by atoms with Crippen molar-refractivity contribution >= 4 is 0 Å². The Labute approximate surface area is 104 Å². The van der Waals surface area contributed by atoms with Crippen molar-refractivity contribution in [3.8, 4) is 5.88 Å². The fourth-order valence-corrected chi connectivity index (χ4v) is 2.27. The largest absolute Gasteiger partial charge is 0.477 e. The van der Waals surface area contributed by atoms with Crippen LogP contribution in [0.2, 0.25) is 0 Å². The first-order chi connectivity index (χ1) is 8.38. The third-order valence-corrected chi connectivity index (χ3v) is 3.28. The summed E-state index contributed by atoms with van der Waals surface area (Å²) in [5.41, 5.74) is 1.05. The highest BCUT2D eigenvalue weighted by atomic mass is 16.5. The molecule has 94 valence electrons. The summed E-state index contributed by atoms with van der Waals surface area (Å²) >= 11 is 0. The van der Waals surface area contributed by atoms with Gasteiger partial charge in [0.25, 0.3) is 0 Å². The summed E-state index contributed by atoms with van der Waals surface area (Å²) in [5, 5.41) is 3.27. The lowest BCUT2D eigenvalue weighted by Crippen LogP contribution is -2.14. The fourth-order valence-electron chi connectivity index (χ4n) is 2.27. The molecule has 0 aromatic carbocycles. The second-order valence-electron chi connectivity index (χ2n) is 4.71. The first-order valence-electron chi connectivity index (χ1n) is 6.68. The van der Waals surface area contributed by atoms with Gasteiger partial charge in [-0.25, -0.2) is 4.98 Å². The van der Waals surface area contributed by atoms with E-state index in [1.165, 1.54) is 25.7 Å². The predicted octanol–water partition coefficient (Wildman–Crippen LogP) is 2.76. The Hall–Kier alpha value is -1.09. The third kappa shape index (κ3) is 4.00. The Morgan fingerprint density at radius 1 is 1.35 bits per heavy atom. The minimum Gasteiger partial charge on any atom is -0.477 e. The maximum absolute atomic E-state index is 5.77. The molecular formula is C14H22N2O. The van der Waals surface area contributed by atoms with Crippen LogP contribution >= 0.6 is 0 Å². The molecule has 1 aliphatic carbocycles. The highest BCUT2D eigenvalue weighted by Crippen LogP contribution is 2.25. The SMILES string of the molecule is CCNCc1cccc(OCC2CCCC2)n1. The molecule has 1 saturated carbocycles. The lowest BCUT2D eigenvalue weighted by atomic mass is 10.1. The molecule has 0 radical (unpaired) electrons. The van der Waals surface area contributed by atoms with Crippen molar-refractivity contribution in [3.05, 3.63) is 23.9 Å². The zero-order valence-corrected chi connectivity index (χ0v) is 10.6. The Morgan fingerprint density at radius 3 is 2.94 bits per heavy atom. The lowest BCUT2D eigenvalue weighted by molar-refractivity contribution is 0.243. The number of nitrogens with one attached hydrogen (secondary N) is 1. The monoisotopic (exact) mass is 234 g/mol. The molecule has 0 atom stereocenters. The maximum atomic E-state index is 5.77. The summed E-state index contributed by atoms with van der Waals surface area (Å²) in [6, 6.07) is 6.00. The highest BCUT2D eigenvalue weighted by Gasteiger charge is 2.15. The van der Waals surface area contributed by atoms with E-state index < -0.39 is 0 Å². The molecule has 1 aliphatic rings. The van der Waals surface area contributed by atoms with E-state index in [9.17, 15) is 0 Å². The number of hydrogen-bond donors (Lipinski definition) is 1. The van der Waals surface area contributed by atoms with Crippen LogP contribution in [0.4, 0.5) is 0 Å². The van der Waals surface area contributed by atoms with Crippen LogP contribution in [0.1, 0.15) is 38.3 Å². The average molecular weight is 234 g/mol. The molecule has 3 nitrogen and oxygen atoms in total. The molecule has 0 unspecified atom stereocenters. The van der Waals surface area contributed by atoms with E-state index in [1.54, 1.807) is 0 Å². The fraction of sp³-hybridized carbons (Fsp3) is 0.643. The van der Waals surface area contributed by atoms with Gasteiger partial charge in [-0.1, -0.05) is 25.8 Å². The van der Waals surface area contributed by atoms with E-state index in [0.29, 0.717) is 0 Å². The summed E-state index contributed by atoms with van der Waals surface area (Å²) in [6.45, 7) is 4.71. The molecule has 0 spiro atoms. The Morgan fingerprint density at radius 2 is 2.18 bits per heavy atom. The lowest BCUT2D eigenvalue weighted by Gasteiger charge is -2.11. The van der Waals surface area contributed by atoms with Gasteiger partial charge in [0.2, 0.25) is 5.88 Å². The first kappa shape index (κ1) is 12.4. The second-order valence-corrected chi connectivity index (χ2v) is 4.71. The van der Waals surface area contributed by atoms with Gasteiger partial charge in [-0.15, -0.1) is 0 Å². The van der Waals surface area contributed by atoms with Crippen molar-refractivity contribution in [2.45, 2.75) is 39.2 Å². The highest BCUT2D eigenvalue weighted by molar-refractivity contribution is 5.15. The summed E-state index contributed by atoms with van der Waals surface area (Å²) in [6.07, 6.45) is 5.36. The van der Waals surface area contributed by atoms with Gasteiger partial charge >= 0.3 is 0 Å². The minimum absolute atomic E-state index is 0.745. The van der Waals surface area contributed by atoms with Crippen LogP contribution in [0.15, 0.2) is 18.2 Å². The van der Waals surface area contributed by atoms with Crippen molar-refractivity contribution in [2.24, 2.45) is 5.92 Å². The van der Waals surface area contributed by atoms with Gasteiger partial charge in [-0.05, 0) is 31.4 Å². The quantitative estimate of drug-likeness (QED) is 0.822. The molecule has 1 aromatic heterocycles. The molecule has 0 saturated heterocycles. The Balaban J connectivity index is 1.82. The minimum atomic E-state index is 0.745. The zero-order chi connectivity index (χ0) is 11.9. The molecule has 17 heavy (non-hydrogen) atoms. The van der Waals surface area contributed by atoms with Gasteiger partial charge < -0.3 is 10.1 Å². The zero-order valence-electron chi connectivity index (χ0n) is 10.6. The van der Waals surface area contributed by atoms with E-state index in [2.05, 4.69) is 17.2 Å². The van der Waals surface area contributed by atoms with Gasteiger partial charge in [0.1, 0.15) is 0 Å². The maximum Gasteiger partial charge on any atom is 0.213 e. The van der Waals surface area contributed by atoms with E-state index in [-0.39, 0.29) is 0 Å². The third-order valence-electron chi connectivity index (χ3n) is 3.28. The number of rotatable bonds is 6. The van der Waals surface area contributed by atoms with Crippen LogP contribution in [0.25, 0.3) is 0 Å². The molecule has 0 bridgehead atoms. The first-order valence-corrected chi connectivity index (χ1v) is 6.68. The number of nitrogens with zero attached hydrogens (tertiary/aromatic N) is 1. The summed E-state index contributed by atoms with van der Waals surface area (Å²) in [5.74, 6) is 1.52. The molecule has 1 heterocycles. The Bertz CT molecular complexity index is 335. The van der Waals surface area contributed by atoms with Crippen LogP contribution < -0.4 is 10.1 Å². The van der Waals surface area contributed by atoms with Crippen molar-refractivity contribution < 1.29 is 4.74 Å². The number of pyridine rings is 1. The van der Waals surface area contributed by atoms with Crippen LogP contribution in [0, 0.1) is 5.92 Å². The van der Waals surface area contributed by atoms with Crippen molar-refractivity contribution in [3.63, 3.8) is 0 Å². The molecule has 0 aliphatic heterocycles. The van der Waals surface area contributed by atoms with E-state index in [0.717, 1.165) is 37.2 Å². The van der Waals surface area contributed by atoms with Gasteiger partial charge in [-0.3, -0.25) is 0 Å². The number of aromatic nitrogens is 1. The van der Waals surface area contributed by atoms with Gasteiger partial charge in [0, 0.05) is 12.6 Å². The standard InChI is InChI=1S/C14H22N2O/c1-2-15-10-13-8-5-9-14(16-13)17-11-12-6-3-4-7-12/h5,8-9,12,15H,2-4,6-7,10-11H2,1H3. The summed E-state index contributed by atoms with van der Waals surface area (Å²) in [4.78, 5) is 4.49. The summed E-state index contributed by atoms with van der Waals surface area (Å²) in [7, 11) is 0. The Kier molecular flexibility index (Phi) is 4.80. The molecular weight excluding hydrogens is 212 g/mol. The molecule has 2 rings (SSSR count). The normalized spacial score (nSPS) is 16.3. The molecule has 1 aromatic rings. The molecule has 3 heteroatoms. The number of ether oxygens (including phenoxy) is 1. The van der Waals surface area contributed by atoms with Crippen molar-refractivity contribution in [1.82, 2.24) is 10.3 Å². The van der Waals surface area contributed by atoms with Crippen LogP contribution in [-0.2, 0) is 6.54 Å².